The molecule has 3 rings (SSSR count). The van der Waals surface area contributed by atoms with Gasteiger partial charge in [0.2, 0.25) is 5.91 Å². The molecule has 1 aliphatic heterocycles. The van der Waals surface area contributed by atoms with Gasteiger partial charge < -0.3 is 20.3 Å². The Labute approximate surface area is 157 Å². The third-order valence-electron chi connectivity index (χ3n) is 4.03. The lowest BCUT2D eigenvalue weighted by Crippen LogP contribution is -2.36. The van der Waals surface area contributed by atoms with Crippen molar-refractivity contribution in [2.75, 3.05) is 41.8 Å². The van der Waals surface area contributed by atoms with Gasteiger partial charge in [0.15, 0.2) is 0 Å². The van der Waals surface area contributed by atoms with E-state index in [1.807, 2.05) is 12.1 Å². The molecule has 136 valence electrons. The summed E-state index contributed by atoms with van der Waals surface area (Å²) in [6, 6.07) is 12.2. The Morgan fingerprint density at radius 2 is 1.73 bits per heavy atom. The van der Waals surface area contributed by atoms with E-state index in [2.05, 4.69) is 15.5 Å². The number of halogens is 1. The average molecular weight is 374 g/mol. The van der Waals surface area contributed by atoms with Crippen molar-refractivity contribution in [3.63, 3.8) is 0 Å². The van der Waals surface area contributed by atoms with Crippen LogP contribution >= 0.6 is 11.6 Å². The molecule has 2 amide bonds. The molecule has 0 saturated carbocycles. The predicted molar refractivity (Wildman–Crippen MR) is 103 cm³/mol. The van der Waals surface area contributed by atoms with Crippen LogP contribution < -0.4 is 15.5 Å². The summed E-state index contributed by atoms with van der Waals surface area (Å²) < 4.78 is 5.39. The van der Waals surface area contributed by atoms with Gasteiger partial charge in [-0.2, -0.15) is 0 Å². The maximum atomic E-state index is 12.6. The largest absolute Gasteiger partial charge is 0.378 e. The molecule has 6 nitrogen and oxygen atoms in total. The molecular formula is C19H20ClN3O3. The number of morpholine rings is 1. The number of ether oxygens (including phenoxy) is 1. The molecule has 1 fully saturated rings. The number of amides is 2. The van der Waals surface area contributed by atoms with Crippen molar-refractivity contribution in [2.45, 2.75) is 6.92 Å². The van der Waals surface area contributed by atoms with Gasteiger partial charge in [0.25, 0.3) is 5.91 Å². The monoisotopic (exact) mass is 373 g/mol. The molecule has 2 aromatic rings. The van der Waals surface area contributed by atoms with Gasteiger partial charge in [0.05, 0.1) is 24.6 Å². The SMILES string of the molecule is CC(=O)Nc1ccc(C(=O)Nc2cc(Cl)ccc2N2CCOCC2)cc1. The minimum Gasteiger partial charge on any atom is -0.378 e. The lowest BCUT2D eigenvalue weighted by Gasteiger charge is -2.30. The van der Waals surface area contributed by atoms with Crippen LogP contribution in [0.2, 0.25) is 5.02 Å². The zero-order valence-corrected chi connectivity index (χ0v) is 15.2. The van der Waals surface area contributed by atoms with Crippen LogP contribution in [0.1, 0.15) is 17.3 Å². The molecule has 0 unspecified atom stereocenters. The van der Waals surface area contributed by atoms with Gasteiger partial charge in [0.1, 0.15) is 0 Å². The lowest BCUT2D eigenvalue weighted by molar-refractivity contribution is -0.114. The molecule has 0 radical (unpaired) electrons. The van der Waals surface area contributed by atoms with E-state index in [9.17, 15) is 9.59 Å². The third-order valence-corrected chi connectivity index (χ3v) is 4.26. The van der Waals surface area contributed by atoms with Crippen molar-refractivity contribution in [2.24, 2.45) is 0 Å². The third kappa shape index (κ3) is 4.53. The lowest BCUT2D eigenvalue weighted by atomic mass is 10.1. The van der Waals surface area contributed by atoms with Gasteiger partial charge in [0, 0.05) is 36.3 Å². The summed E-state index contributed by atoms with van der Waals surface area (Å²) in [5.74, 6) is -0.396. The van der Waals surface area contributed by atoms with E-state index in [1.165, 1.54) is 6.92 Å². The molecule has 1 saturated heterocycles. The van der Waals surface area contributed by atoms with E-state index in [4.69, 9.17) is 16.3 Å². The summed E-state index contributed by atoms with van der Waals surface area (Å²) in [6.45, 7) is 4.26. The van der Waals surface area contributed by atoms with Crippen LogP contribution in [-0.2, 0) is 9.53 Å². The molecule has 7 heteroatoms. The van der Waals surface area contributed by atoms with Crippen LogP contribution in [0, 0.1) is 0 Å². The van der Waals surface area contributed by atoms with Gasteiger partial charge in [-0.3, -0.25) is 9.59 Å². The van der Waals surface area contributed by atoms with Crippen LogP contribution in [0.25, 0.3) is 0 Å². The van der Waals surface area contributed by atoms with E-state index in [1.54, 1.807) is 30.3 Å². The second-order valence-corrected chi connectivity index (χ2v) is 6.41. The van der Waals surface area contributed by atoms with Crippen molar-refractivity contribution < 1.29 is 14.3 Å². The first kappa shape index (κ1) is 18.2. The number of carbonyl (C=O) groups excluding carboxylic acids is 2. The Morgan fingerprint density at radius 1 is 1.04 bits per heavy atom. The summed E-state index contributed by atoms with van der Waals surface area (Å²) in [5, 5.41) is 6.16. The highest BCUT2D eigenvalue weighted by atomic mass is 35.5. The highest BCUT2D eigenvalue weighted by Gasteiger charge is 2.17. The van der Waals surface area contributed by atoms with Crippen molar-refractivity contribution in [3.05, 3.63) is 53.1 Å². The number of benzene rings is 2. The Hall–Kier alpha value is -2.57. The average Bonchev–Trinajstić information content (AvgIpc) is 2.62. The van der Waals surface area contributed by atoms with Crippen LogP contribution in [0.5, 0.6) is 0 Å². The fourth-order valence-electron chi connectivity index (χ4n) is 2.79. The second kappa shape index (κ2) is 8.21. The Morgan fingerprint density at radius 3 is 2.38 bits per heavy atom. The quantitative estimate of drug-likeness (QED) is 0.861. The first-order valence-corrected chi connectivity index (χ1v) is 8.72. The maximum Gasteiger partial charge on any atom is 0.255 e. The molecule has 0 atom stereocenters. The van der Waals surface area contributed by atoms with Gasteiger partial charge in [-0.15, -0.1) is 0 Å². The summed E-state index contributed by atoms with van der Waals surface area (Å²) in [6.07, 6.45) is 0. The summed E-state index contributed by atoms with van der Waals surface area (Å²) in [4.78, 5) is 25.8. The number of nitrogens with zero attached hydrogens (tertiary/aromatic N) is 1. The molecule has 1 heterocycles. The molecule has 2 N–H and O–H groups in total. The first-order valence-electron chi connectivity index (χ1n) is 8.34. The van der Waals surface area contributed by atoms with E-state index < -0.39 is 0 Å². The number of hydrogen-bond donors (Lipinski definition) is 2. The van der Waals surface area contributed by atoms with Crippen LogP contribution in [0.4, 0.5) is 17.1 Å². The van der Waals surface area contributed by atoms with Gasteiger partial charge in [-0.05, 0) is 42.5 Å². The fraction of sp³-hybridized carbons (Fsp3) is 0.263. The van der Waals surface area contributed by atoms with Crippen LogP contribution in [0.15, 0.2) is 42.5 Å². The first-order chi connectivity index (χ1) is 12.5. The molecule has 0 bridgehead atoms. The van der Waals surface area contributed by atoms with Crippen LogP contribution in [0.3, 0.4) is 0 Å². The molecule has 2 aromatic carbocycles. The molecule has 1 aliphatic rings. The molecule has 0 aliphatic carbocycles. The molecule has 0 aromatic heterocycles. The highest BCUT2D eigenvalue weighted by Crippen LogP contribution is 2.30. The van der Waals surface area contributed by atoms with E-state index in [-0.39, 0.29) is 11.8 Å². The van der Waals surface area contributed by atoms with Gasteiger partial charge in [-0.1, -0.05) is 11.6 Å². The zero-order chi connectivity index (χ0) is 18.5. The molecular weight excluding hydrogens is 354 g/mol. The maximum absolute atomic E-state index is 12.6. The number of carbonyl (C=O) groups is 2. The van der Waals surface area contributed by atoms with Crippen molar-refractivity contribution in [3.8, 4) is 0 Å². The fourth-order valence-corrected chi connectivity index (χ4v) is 2.96. The van der Waals surface area contributed by atoms with Crippen LogP contribution in [-0.4, -0.2) is 38.1 Å². The minimum absolute atomic E-state index is 0.156. The normalized spacial score (nSPS) is 14.0. The summed E-state index contributed by atoms with van der Waals surface area (Å²) in [5.41, 5.74) is 2.72. The number of rotatable bonds is 4. The highest BCUT2D eigenvalue weighted by molar-refractivity contribution is 6.31. The minimum atomic E-state index is -0.240. The summed E-state index contributed by atoms with van der Waals surface area (Å²) in [7, 11) is 0. The van der Waals surface area contributed by atoms with E-state index in [0.29, 0.717) is 35.2 Å². The second-order valence-electron chi connectivity index (χ2n) is 5.97. The summed E-state index contributed by atoms with van der Waals surface area (Å²) >= 11 is 6.12. The van der Waals surface area contributed by atoms with E-state index in [0.717, 1.165) is 18.8 Å². The molecule has 0 spiro atoms. The number of hydrogen-bond acceptors (Lipinski definition) is 4. The van der Waals surface area contributed by atoms with Crippen molar-refractivity contribution in [1.29, 1.82) is 0 Å². The Kier molecular flexibility index (Phi) is 5.75. The standard InChI is InChI=1S/C19H20ClN3O3/c1-13(24)21-16-5-2-14(3-6-16)19(25)22-17-12-15(20)4-7-18(17)23-8-10-26-11-9-23/h2-7,12H,8-11H2,1H3,(H,21,24)(H,22,25). The Balaban J connectivity index is 1.78. The van der Waals surface area contributed by atoms with E-state index >= 15 is 0 Å². The smallest absolute Gasteiger partial charge is 0.255 e. The van der Waals surface area contributed by atoms with Crippen molar-refractivity contribution in [1.82, 2.24) is 0 Å². The van der Waals surface area contributed by atoms with Gasteiger partial charge >= 0.3 is 0 Å². The number of anilines is 3. The van der Waals surface area contributed by atoms with Crippen molar-refractivity contribution >= 4 is 40.5 Å². The zero-order valence-electron chi connectivity index (χ0n) is 14.4. The predicted octanol–water partition coefficient (Wildman–Crippen LogP) is 3.39. The number of nitrogens with one attached hydrogen (secondary N) is 2. The Bertz CT molecular complexity index is 802. The molecule has 26 heavy (non-hydrogen) atoms. The van der Waals surface area contributed by atoms with Gasteiger partial charge in [-0.25, -0.2) is 0 Å². The topological polar surface area (TPSA) is 70.7 Å².